The topological polar surface area (TPSA) is 79.8 Å². The van der Waals surface area contributed by atoms with Crippen LogP contribution in [-0.2, 0) is 14.6 Å². The van der Waals surface area contributed by atoms with Crippen LogP contribution < -0.4 is 10.6 Å². The number of nitrogens with one attached hydrogen (secondary N) is 2. The number of aliphatic imine (C=N–C) groups is 1. The number of nitrogens with zero attached hydrogens (tertiary/aromatic N) is 1. The minimum absolute atomic E-state index is 0. The van der Waals surface area contributed by atoms with Gasteiger partial charge in [-0.05, 0) is 39.0 Å². The fourth-order valence-electron chi connectivity index (χ4n) is 2.35. The normalized spacial score (nSPS) is 15.4. The van der Waals surface area contributed by atoms with Gasteiger partial charge in [0.25, 0.3) is 0 Å². The van der Waals surface area contributed by atoms with E-state index in [9.17, 15) is 8.42 Å². The lowest BCUT2D eigenvalue weighted by Crippen LogP contribution is -2.38. The average Bonchev–Trinajstić information content (AvgIpc) is 2.50. The summed E-state index contributed by atoms with van der Waals surface area (Å²) in [7, 11) is -2.95. The van der Waals surface area contributed by atoms with Crippen LogP contribution in [0.15, 0.2) is 16.6 Å². The highest BCUT2D eigenvalue weighted by atomic mass is 127. The van der Waals surface area contributed by atoms with Crippen LogP contribution in [0.4, 0.5) is 0 Å². The van der Waals surface area contributed by atoms with Gasteiger partial charge in [-0.3, -0.25) is 4.99 Å². The Morgan fingerprint density at radius 1 is 1.29 bits per heavy atom. The molecule has 8 heteroatoms. The zero-order valence-corrected chi connectivity index (χ0v) is 18.0. The Morgan fingerprint density at radius 2 is 2.08 bits per heavy atom. The third kappa shape index (κ3) is 13.0. The quantitative estimate of drug-likeness (QED) is 0.167. The van der Waals surface area contributed by atoms with Gasteiger partial charge in [0.1, 0.15) is 9.84 Å². The smallest absolute Gasteiger partial charge is 0.191 e. The number of halogens is 1. The fraction of sp³-hybridized carbons (Fsp3) is 0.812. The van der Waals surface area contributed by atoms with Crippen molar-refractivity contribution in [1.82, 2.24) is 10.6 Å². The molecule has 0 aromatic carbocycles. The Hall–Kier alpha value is -0.350. The first-order valence-corrected chi connectivity index (χ1v) is 10.5. The SMILES string of the molecule is CCNC(=NCCOCCS(C)(=O)=O)NCCC1=CCCCC1.I. The van der Waals surface area contributed by atoms with Crippen molar-refractivity contribution in [2.24, 2.45) is 4.99 Å². The molecule has 0 aliphatic heterocycles. The third-order valence-corrected chi connectivity index (χ3v) is 4.48. The summed E-state index contributed by atoms with van der Waals surface area (Å²) >= 11 is 0. The van der Waals surface area contributed by atoms with Crippen LogP contribution in [0.5, 0.6) is 0 Å². The first-order valence-electron chi connectivity index (χ1n) is 8.47. The van der Waals surface area contributed by atoms with E-state index >= 15 is 0 Å². The van der Waals surface area contributed by atoms with E-state index in [2.05, 4.69) is 21.7 Å². The maximum absolute atomic E-state index is 11.0. The van der Waals surface area contributed by atoms with E-state index in [1.54, 1.807) is 5.57 Å². The van der Waals surface area contributed by atoms with Gasteiger partial charge in [0.05, 0.1) is 25.5 Å². The highest BCUT2D eigenvalue weighted by Crippen LogP contribution is 2.19. The number of hydrogen-bond acceptors (Lipinski definition) is 4. The van der Waals surface area contributed by atoms with E-state index in [4.69, 9.17) is 4.74 Å². The molecule has 0 spiro atoms. The van der Waals surface area contributed by atoms with Crippen LogP contribution in [0.1, 0.15) is 39.0 Å². The molecule has 142 valence electrons. The molecule has 0 heterocycles. The van der Waals surface area contributed by atoms with Crippen molar-refractivity contribution in [2.75, 3.05) is 44.9 Å². The maximum Gasteiger partial charge on any atom is 0.191 e. The lowest BCUT2D eigenvalue weighted by molar-refractivity contribution is 0.157. The molecule has 0 unspecified atom stereocenters. The van der Waals surface area contributed by atoms with Crippen molar-refractivity contribution in [3.05, 3.63) is 11.6 Å². The van der Waals surface area contributed by atoms with E-state index in [1.165, 1.54) is 31.9 Å². The van der Waals surface area contributed by atoms with Crippen molar-refractivity contribution < 1.29 is 13.2 Å². The molecule has 1 aliphatic carbocycles. The minimum Gasteiger partial charge on any atom is -0.378 e. The molecule has 0 saturated carbocycles. The van der Waals surface area contributed by atoms with E-state index in [0.717, 1.165) is 25.5 Å². The molecule has 1 aliphatic rings. The molecule has 0 radical (unpaired) electrons. The highest BCUT2D eigenvalue weighted by Gasteiger charge is 2.04. The minimum atomic E-state index is -2.95. The second-order valence-corrected chi connectivity index (χ2v) is 8.05. The maximum atomic E-state index is 11.0. The summed E-state index contributed by atoms with van der Waals surface area (Å²) in [5, 5.41) is 6.53. The second-order valence-electron chi connectivity index (χ2n) is 5.79. The summed E-state index contributed by atoms with van der Waals surface area (Å²) in [6.45, 7) is 4.89. The van der Waals surface area contributed by atoms with Crippen LogP contribution in [0, 0.1) is 0 Å². The van der Waals surface area contributed by atoms with Crippen molar-refractivity contribution in [1.29, 1.82) is 0 Å². The molecule has 0 aromatic rings. The molecule has 24 heavy (non-hydrogen) atoms. The molecule has 0 fully saturated rings. The number of guanidine groups is 1. The number of allylic oxidation sites excluding steroid dienone is 1. The van der Waals surface area contributed by atoms with Gasteiger partial charge in [0.2, 0.25) is 0 Å². The van der Waals surface area contributed by atoms with Crippen molar-refractivity contribution in [3.63, 3.8) is 0 Å². The number of rotatable bonds is 10. The first-order chi connectivity index (χ1) is 11.0. The standard InChI is InChI=1S/C16H31N3O3S.HI/c1-3-17-16(18-10-9-15-7-5-4-6-8-15)19-11-12-22-13-14-23(2,20)21;/h7H,3-6,8-14H2,1-2H3,(H2,17,18,19);1H. The fourth-order valence-corrected chi connectivity index (χ4v) is 2.77. The average molecular weight is 473 g/mol. The van der Waals surface area contributed by atoms with E-state index < -0.39 is 9.84 Å². The van der Waals surface area contributed by atoms with Crippen molar-refractivity contribution in [2.45, 2.75) is 39.0 Å². The molecule has 2 N–H and O–H groups in total. The van der Waals surface area contributed by atoms with Crippen LogP contribution in [0.2, 0.25) is 0 Å². The van der Waals surface area contributed by atoms with Gasteiger partial charge >= 0.3 is 0 Å². The van der Waals surface area contributed by atoms with Crippen LogP contribution in [0.3, 0.4) is 0 Å². The molecular weight excluding hydrogens is 441 g/mol. The highest BCUT2D eigenvalue weighted by molar-refractivity contribution is 14.0. The third-order valence-electron chi connectivity index (χ3n) is 3.57. The summed E-state index contributed by atoms with van der Waals surface area (Å²) in [6, 6.07) is 0. The van der Waals surface area contributed by atoms with E-state index in [-0.39, 0.29) is 36.3 Å². The Morgan fingerprint density at radius 3 is 2.71 bits per heavy atom. The monoisotopic (exact) mass is 473 g/mol. The lowest BCUT2D eigenvalue weighted by atomic mass is 9.97. The first kappa shape index (κ1) is 23.6. The van der Waals surface area contributed by atoms with Gasteiger partial charge < -0.3 is 15.4 Å². The molecular formula is C16H32IN3O3S. The van der Waals surface area contributed by atoms with E-state index in [1.807, 2.05) is 6.92 Å². The number of hydrogen-bond donors (Lipinski definition) is 2. The number of sulfone groups is 1. The van der Waals surface area contributed by atoms with Crippen molar-refractivity contribution in [3.8, 4) is 0 Å². The van der Waals surface area contributed by atoms with Crippen molar-refractivity contribution >= 4 is 39.8 Å². The Bertz CT molecular complexity index is 493. The Kier molecular flexibility index (Phi) is 13.7. The summed E-state index contributed by atoms with van der Waals surface area (Å²) in [4.78, 5) is 4.43. The van der Waals surface area contributed by atoms with Gasteiger partial charge in [-0.2, -0.15) is 0 Å². The molecule has 0 saturated heterocycles. The second kappa shape index (κ2) is 13.9. The van der Waals surface area contributed by atoms with Gasteiger partial charge in [-0.15, -0.1) is 24.0 Å². The van der Waals surface area contributed by atoms with Crippen LogP contribution in [-0.4, -0.2) is 59.2 Å². The molecule has 0 atom stereocenters. The lowest BCUT2D eigenvalue weighted by Gasteiger charge is -2.15. The number of ether oxygens (including phenoxy) is 1. The Labute approximate surface area is 163 Å². The predicted octanol–water partition coefficient (Wildman–Crippen LogP) is 2.11. The summed E-state index contributed by atoms with van der Waals surface area (Å²) < 4.78 is 27.2. The zero-order valence-electron chi connectivity index (χ0n) is 14.8. The largest absolute Gasteiger partial charge is 0.378 e. The molecule has 6 nitrogen and oxygen atoms in total. The van der Waals surface area contributed by atoms with Crippen LogP contribution in [0.25, 0.3) is 0 Å². The molecule has 0 amide bonds. The summed E-state index contributed by atoms with van der Waals surface area (Å²) in [5.41, 5.74) is 1.55. The van der Waals surface area contributed by atoms with Gasteiger partial charge in [0.15, 0.2) is 5.96 Å². The van der Waals surface area contributed by atoms with Gasteiger partial charge in [0, 0.05) is 19.3 Å². The zero-order chi connectivity index (χ0) is 17.0. The summed E-state index contributed by atoms with van der Waals surface area (Å²) in [5.74, 6) is 0.847. The van der Waals surface area contributed by atoms with E-state index in [0.29, 0.717) is 13.2 Å². The molecule has 0 bridgehead atoms. The summed E-state index contributed by atoms with van der Waals surface area (Å²) in [6.07, 6.45) is 9.71. The predicted molar refractivity (Wildman–Crippen MR) is 111 cm³/mol. The molecule has 0 aromatic heterocycles. The van der Waals surface area contributed by atoms with Crippen LogP contribution >= 0.6 is 24.0 Å². The Balaban J connectivity index is 0.00000529. The molecule has 1 rings (SSSR count). The van der Waals surface area contributed by atoms with Gasteiger partial charge in [-0.1, -0.05) is 11.6 Å². The van der Waals surface area contributed by atoms with Gasteiger partial charge in [-0.25, -0.2) is 8.42 Å².